The van der Waals surface area contributed by atoms with E-state index >= 15 is 0 Å². The summed E-state index contributed by atoms with van der Waals surface area (Å²) in [6, 6.07) is 36.4. The summed E-state index contributed by atoms with van der Waals surface area (Å²) in [4.78, 5) is 0. The number of rotatable bonds is 3. The predicted octanol–water partition coefficient (Wildman–Crippen LogP) is 13.2. The third-order valence-corrected chi connectivity index (χ3v) is 9.30. The van der Waals surface area contributed by atoms with Crippen molar-refractivity contribution in [1.29, 1.82) is 0 Å². The fourth-order valence-corrected chi connectivity index (χ4v) is 7.28. The summed E-state index contributed by atoms with van der Waals surface area (Å²) in [7, 11) is 0. The minimum Gasteiger partial charge on any atom is -0.456 e. The molecule has 0 spiro atoms. The summed E-state index contributed by atoms with van der Waals surface area (Å²) in [5, 5.41) is 6.59. The summed E-state index contributed by atoms with van der Waals surface area (Å²) in [6.07, 6.45) is 0. The lowest BCUT2D eigenvalue weighted by molar-refractivity contribution is 0.669. The molecule has 0 radical (unpaired) electrons. The molecule has 10 aromatic rings. The highest BCUT2D eigenvalue weighted by molar-refractivity contribution is 6.25. The van der Waals surface area contributed by atoms with E-state index < -0.39 is 24.2 Å². The minimum atomic E-state index is -0.437. The number of fused-ring (bicyclic) bond motifs is 8. The van der Waals surface area contributed by atoms with E-state index in [1.54, 1.807) is 6.07 Å². The molecule has 1 aromatic heterocycles. The van der Waals surface area contributed by atoms with Gasteiger partial charge < -0.3 is 4.42 Å². The van der Waals surface area contributed by atoms with Gasteiger partial charge in [-0.05, 0) is 94.7 Å². The van der Waals surface area contributed by atoms with Gasteiger partial charge >= 0.3 is 0 Å². The molecule has 0 bridgehead atoms. The van der Waals surface area contributed by atoms with Crippen LogP contribution in [0.4, 0.5) is 0 Å². The zero-order valence-electron chi connectivity index (χ0n) is 33.0. The first-order valence-electron chi connectivity index (χ1n) is 19.5. The minimum absolute atomic E-state index is 0.168. The van der Waals surface area contributed by atoms with Gasteiger partial charge in [0.2, 0.25) is 0 Å². The highest BCUT2D eigenvalue weighted by Crippen LogP contribution is 2.47. The molecule has 0 saturated carbocycles. The lowest BCUT2D eigenvalue weighted by atomic mass is 9.84. The van der Waals surface area contributed by atoms with E-state index in [4.69, 9.17) is 9.90 Å². The third kappa shape index (κ3) is 3.90. The van der Waals surface area contributed by atoms with Crippen molar-refractivity contribution in [1.82, 2.24) is 0 Å². The molecule has 0 aliphatic heterocycles. The topological polar surface area (TPSA) is 13.1 Å². The average molecular weight is 605 g/mol. The second kappa shape index (κ2) is 10.2. The number of hydrogen-bond donors (Lipinski definition) is 0. The van der Waals surface area contributed by atoms with Crippen LogP contribution in [-0.4, -0.2) is 0 Å². The van der Waals surface area contributed by atoms with Crippen molar-refractivity contribution in [2.24, 2.45) is 0 Å². The molecule has 10 rings (SSSR count). The van der Waals surface area contributed by atoms with Crippen LogP contribution in [-0.2, 0) is 0 Å². The number of para-hydroxylation sites is 1. The Balaban J connectivity index is 1.36. The molecular weight excluding hydrogens is 569 g/mol. The standard InChI is InChI=1S/C46H28O/c1-2-13-32-31(12-1)28-41(34-15-4-3-14-33(32)34)29-24-26-30(27-25-29)44-35-16-5-7-18-37(35)45(38-19-8-6-17-36(38)44)40-21-11-23-43-46(40)39-20-9-10-22-42(39)47-43/h1-28H/i5D,6D,7D,8D,16D,17D,18D,19D. The van der Waals surface area contributed by atoms with Gasteiger partial charge in [0, 0.05) is 10.8 Å². The van der Waals surface area contributed by atoms with E-state index in [0.29, 0.717) is 38.8 Å². The molecule has 9 aromatic carbocycles. The van der Waals surface area contributed by atoms with Gasteiger partial charge in [0.25, 0.3) is 0 Å². The lowest BCUT2D eigenvalue weighted by Gasteiger charge is -2.18. The summed E-state index contributed by atoms with van der Waals surface area (Å²) >= 11 is 0. The van der Waals surface area contributed by atoms with Crippen molar-refractivity contribution in [3.8, 4) is 33.4 Å². The van der Waals surface area contributed by atoms with E-state index in [0.717, 1.165) is 38.1 Å². The zero-order valence-corrected chi connectivity index (χ0v) is 25.0. The molecule has 0 atom stereocenters. The Labute approximate surface area is 283 Å². The lowest BCUT2D eigenvalue weighted by Crippen LogP contribution is -1.91. The fourth-order valence-electron chi connectivity index (χ4n) is 7.28. The molecule has 218 valence electrons. The molecule has 0 N–H and O–H groups in total. The molecule has 0 aliphatic rings. The van der Waals surface area contributed by atoms with Crippen molar-refractivity contribution in [3.05, 3.63) is 170 Å². The molecule has 1 heteroatoms. The molecule has 1 nitrogen and oxygen atoms in total. The van der Waals surface area contributed by atoms with E-state index in [2.05, 4.69) is 30.3 Å². The van der Waals surface area contributed by atoms with Crippen LogP contribution in [0.25, 0.3) is 98.4 Å². The Morgan fingerprint density at radius 2 is 0.936 bits per heavy atom. The number of benzene rings is 9. The van der Waals surface area contributed by atoms with Gasteiger partial charge in [0.05, 0.1) is 11.0 Å². The van der Waals surface area contributed by atoms with Crippen molar-refractivity contribution >= 4 is 65.0 Å². The SMILES string of the molecule is [2H]c1c([2H])c([2H])c2c(-c3cccc4oc5ccccc5c34)c3c([2H])c([2H])c([2H])c([2H])c3c(-c3ccc(-c4cc5ccccc5c5ccccc45)cc3)c2c1[2H]. The smallest absolute Gasteiger partial charge is 0.136 e. The molecular formula is C46H28O. The van der Waals surface area contributed by atoms with Crippen LogP contribution in [0.15, 0.2) is 174 Å². The fraction of sp³-hybridized carbons (Fsp3) is 0. The second-order valence-corrected chi connectivity index (χ2v) is 11.8. The van der Waals surface area contributed by atoms with Crippen LogP contribution < -0.4 is 0 Å². The average Bonchev–Trinajstić information content (AvgIpc) is 3.61. The monoisotopic (exact) mass is 604 g/mol. The van der Waals surface area contributed by atoms with Gasteiger partial charge in [-0.25, -0.2) is 0 Å². The van der Waals surface area contributed by atoms with Crippen LogP contribution >= 0.6 is 0 Å². The largest absolute Gasteiger partial charge is 0.456 e. The molecule has 1 heterocycles. The van der Waals surface area contributed by atoms with E-state index in [-0.39, 0.29) is 45.7 Å². The second-order valence-electron chi connectivity index (χ2n) is 11.8. The van der Waals surface area contributed by atoms with Crippen LogP contribution in [0.5, 0.6) is 0 Å². The molecule has 0 aliphatic carbocycles. The van der Waals surface area contributed by atoms with Crippen LogP contribution in [0.3, 0.4) is 0 Å². The number of hydrogen-bond acceptors (Lipinski definition) is 1. The Bertz CT molecular complexity index is 3210. The Morgan fingerprint density at radius 1 is 0.383 bits per heavy atom. The Kier molecular flexibility index (Phi) is 4.19. The van der Waals surface area contributed by atoms with Gasteiger partial charge in [-0.2, -0.15) is 0 Å². The van der Waals surface area contributed by atoms with E-state index in [1.165, 1.54) is 0 Å². The summed E-state index contributed by atoms with van der Waals surface area (Å²) < 4.78 is 79.1. The number of furan rings is 1. The Morgan fingerprint density at radius 3 is 1.66 bits per heavy atom. The normalized spacial score (nSPS) is 14.2. The zero-order chi connectivity index (χ0) is 37.9. The van der Waals surface area contributed by atoms with Gasteiger partial charge in [0.1, 0.15) is 11.2 Å². The maximum atomic E-state index is 9.39. The van der Waals surface area contributed by atoms with Gasteiger partial charge in [-0.3, -0.25) is 0 Å². The van der Waals surface area contributed by atoms with Gasteiger partial charge in [-0.15, -0.1) is 0 Å². The maximum Gasteiger partial charge on any atom is 0.136 e. The first kappa shape index (κ1) is 19.4. The molecule has 0 unspecified atom stereocenters. The van der Waals surface area contributed by atoms with Crippen LogP contribution in [0, 0.1) is 0 Å². The summed E-state index contributed by atoms with van der Waals surface area (Å²) in [5.41, 5.74) is 4.82. The highest BCUT2D eigenvalue weighted by atomic mass is 16.3. The van der Waals surface area contributed by atoms with Crippen molar-refractivity contribution in [2.75, 3.05) is 0 Å². The quantitative estimate of drug-likeness (QED) is 0.144. The van der Waals surface area contributed by atoms with Crippen LogP contribution in [0.1, 0.15) is 11.0 Å². The predicted molar refractivity (Wildman–Crippen MR) is 200 cm³/mol. The van der Waals surface area contributed by atoms with Gasteiger partial charge in [-0.1, -0.05) is 151 Å². The molecule has 0 amide bonds. The molecule has 47 heavy (non-hydrogen) atoms. The van der Waals surface area contributed by atoms with Gasteiger partial charge in [0.15, 0.2) is 0 Å². The van der Waals surface area contributed by atoms with Crippen molar-refractivity contribution < 1.29 is 15.4 Å². The van der Waals surface area contributed by atoms with E-state index in [1.807, 2.05) is 84.9 Å². The van der Waals surface area contributed by atoms with Crippen LogP contribution in [0.2, 0.25) is 0 Å². The maximum absolute atomic E-state index is 9.39. The first-order chi connectivity index (χ1) is 26.7. The first-order valence-corrected chi connectivity index (χ1v) is 15.5. The Hall–Kier alpha value is -6.18. The van der Waals surface area contributed by atoms with E-state index in [9.17, 15) is 5.48 Å². The van der Waals surface area contributed by atoms with Crippen molar-refractivity contribution in [2.45, 2.75) is 0 Å². The summed E-state index contributed by atoms with van der Waals surface area (Å²) in [5.74, 6) is 0. The van der Waals surface area contributed by atoms with Crippen molar-refractivity contribution in [3.63, 3.8) is 0 Å². The third-order valence-electron chi connectivity index (χ3n) is 9.30. The molecule has 0 fully saturated rings. The summed E-state index contributed by atoms with van der Waals surface area (Å²) in [6.45, 7) is 0. The molecule has 0 saturated heterocycles. The highest BCUT2D eigenvalue weighted by Gasteiger charge is 2.20.